The molecule has 0 aromatic heterocycles. The molecule has 1 heterocycles. The third kappa shape index (κ3) is 1.09. The van der Waals surface area contributed by atoms with E-state index in [4.69, 9.17) is 0 Å². The maximum absolute atomic E-state index is 9.91. The van der Waals surface area contributed by atoms with Crippen molar-refractivity contribution in [3.8, 4) is 0 Å². The van der Waals surface area contributed by atoms with E-state index in [0.29, 0.717) is 5.92 Å². The highest BCUT2D eigenvalue weighted by atomic mass is 16.3. The van der Waals surface area contributed by atoms with Crippen molar-refractivity contribution in [1.82, 2.24) is 5.32 Å². The second-order valence-electron chi connectivity index (χ2n) is 4.38. The molecule has 3 atom stereocenters. The molecule has 64 valence electrons. The minimum Gasteiger partial charge on any atom is -0.392 e. The summed E-state index contributed by atoms with van der Waals surface area (Å²) in [5.41, 5.74) is 0.182. The minimum absolute atomic E-state index is 0.0440. The molecule has 2 fully saturated rings. The Morgan fingerprint density at radius 3 is 3.00 bits per heavy atom. The Balaban J connectivity index is 2.17. The number of nitrogens with one attached hydrogen (secondary N) is 1. The highest BCUT2D eigenvalue weighted by Crippen LogP contribution is 2.40. The van der Waals surface area contributed by atoms with Crippen LogP contribution in [0.5, 0.6) is 0 Å². The molecule has 1 aliphatic carbocycles. The first-order chi connectivity index (χ1) is 5.22. The van der Waals surface area contributed by atoms with Gasteiger partial charge in [-0.25, -0.2) is 0 Å². The summed E-state index contributed by atoms with van der Waals surface area (Å²) in [5.74, 6) is 0.530. The van der Waals surface area contributed by atoms with Gasteiger partial charge in [-0.05, 0) is 18.8 Å². The summed E-state index contributed by atoms with van der Waals surface area (Å²) in [5, 5.41) is 13.3. The van der Waals surface area contributed by atoms with Crippen molar-refractivity contribution in [2.75, 3.05) is 13.1 Å². The van der Waals surface area contributed by atoms with Crippen molar-refractivity contribution in [2.24, 2.45) is 11.3 Å². The van der Waals surface area contributed by atoms with E-state index in [2.05, 4.69) is 12.2 Å². The molecule has 2 N–H and O–H groups in total. The summed E-state index contributed by atoms with van der Waals surface area (Å²) in [7, 11) is 0. The van der Waals surface area contributed by atoms with Crippen molar-refractivity contribution in [1.29, 1.82) is 0 Å². The summed E-state index contributed by atoms with van der Waals surface area (Å²) >= 11 is 0. The molecule has 0 radical (unpaired) electrons. The maximum atomic E-state index is 9.91. The zero-order valence-electron chi connectivity index (χ0n) is 7.14. The third-order valence-corrected chi connectivity index (χ3v) is 3.42. The van der Waals surface area contributed by atoms with Gasteiger partial charge in [0.25, 0.3) is 0 Å². The zero-order chi connectivity index (χ0) is 7.90. The van der Waals surface area contributed by atoms with Gasteiger partial charge in [-0.2, -0.15) is 0 Å². The molecule has 1 saturated carbocycles. The number of fused-ring (bicyclic) bond motifs is 2. The molecule has 3 unspecified atom stereocenters. The largest absolute Gasteiger partial charge is 0.392 e. The van der Waals surface area contributed by atoms with Gasteiger partial charge in [0.05, 0.1) is 6.10 Å². The van der Waals surface area contributed by atoms with E-state index in [1.165, 1.54) is 19.3 Å². The number of aliphatic hydroxyl groups excluding tert-OH is 1. The first-order valence-electron chi connectivity index (χ1n) is 4.61. The molecule has 1 saturated heterocycles. The van der Waals surface area contributed by atoms with Gasteiger partial charge in [0.15, 0.2) is 0 Å². The normalized spacial score (nSPS) is 50.7. The highest BCUT2D eigenvalue weighted by molar-refractivity contribution is 4.96. The van der Waals surface area contributed by atoms with Crippen LogP contribution < -0.4 is 5.32 Å². The molecule has 0 aromatic carbocycles. The Morgan fingerprint density at radius 1 is 1.55 bits per heavy atom. The maximum Gasteiger partial charge on any atom is 0.0646 e. The van der Waals surface area contributed by atoms with Crippen LogP contribution in [0.3, 0.4) is 0 Å². The van der Waals surface area contributed by atoms with Crippen LogP contribution in [0.1, 0.15) is 26.2 Å². The van der Waals surface area contributed by atoms with Crippen molar-refractivity contribution in [3.05, 3.63) is 0 Å². The Labute approximate surface area is 68.0 Å². The summed E-state index contributed by atoms with van der Waals surface area (Å²) < 4.78 is 0. The van der Waals surface area contributed by atoms with Crippen LogP contribution in [-0.4, -0.2) is 24.3 Å². The molecule has 0 spiro atoms. The Hall–Kier alpha value is -0.0800. The topological polar surface area (TPSA) is 32.3 Å². The van der Waals surface area contributed by atoms with E-state index in [1.807, 2.05) is 0 Å². The van der Waals surface area contributed by atoms with Gasteiger partial charge >= 0.3 is 0 Å². The van der Waals surface area contributed by atoms with Gasteiger partial charge < -0.3 is 10.4 Å². The minimum atomic E-state index is -0.0440. The molecule has 0 aromatic rings. The Kier molecular flexibility index (Phi) is 1.69. The second-order valence-corrected chi connectivity index (χ2v) is 4.38. The third-order valence-electron chi connectivity index (χ3n) is 3.42. The quantitative estimate of drug-likeness (QED) is 0.541. The van der Waals surface area contributed by atoms with E-state index < -0.39 is 0 Å². The predicted molar refractivity (Wildman–Crippen MR) is 44.3 cm³/mol. The summed E-state index contributed by atoms with van der Waals surface area (Å²) in [6.45, 7) is 4.23. The van der Waals surface area contributed by atoms with Crippen LogP contribution in [-0.2, 0) is 0 Å². The second kappa shape index (κ2) is 2.46. The average Bonchev–Trinajstić information content (AvgIpc) is 1.93. The SMILES string of the molecule is CC12CCCC(CNC1)C2O. The first kappa shape index (κ1) is 7.56. The van der Waals surface area contributed by atoms with Crippen molar-refractivity contribution in [3.63, 3.8) is 0 Å². The number of hydrogen-bond donors (Lipinski definition) is 2. The molecule has 11 heavy (non-hydrogen) atoms. The van der Waals surface area contributed by atoms with Gasteiger partial charge in [0, 0.05) is 18.5 Å². The molecule has 0 amide bonds. The van der Waals surface area contributed by atoms with E-state index in [0.717, 1.165) is 13.1 Å². The van der Waals surface area contributed by atoms with Crippen LogP contribution >= 0.6 is 0 Å². The zero-order valence-corrected chi connectivity index (χ0v) is 7.14. The lowest BCUT2D eigenvalue weighted by atomic mass is 9.66. The summed E-state index contributed by atoms with van der Waals surface area (Å²) in [4.78, 5) is 0. The fraction of sp³-hybridized carbons (Fsp3) is 1.00. The fourth-order valence-corrected chi connectivity index (χ4v) is 2.59. The molecule has 2 bridgehead atoms. The lowest BCUT2D eigenvalue weighted by Crippen LogP contribution is -2.55. The molecule has 2 aliphatic rings. The number of aliphatic hydroxyl groups is 1. The van der Waals surface area contributed by atoms with Crippen molar-refractivity contribution in [2.45, 2.75) is 32.3 Å². The first-order valence-corrected chi connectivity index (χ1v) is 4.61. The van der Waals surface area contributed by atoms with Crippen LogP contribution in [0, 0.1) is 11.3 Å². The Bertz CT molecular complexity index is 148. The van der Waals surface area contributed by atoms with Crippen LogP contribution in [0.2, 0.25) is 0 Å². The van der Waals surface area contributed by atoms with Gasteiger partial charge in [-0.1, -0.05) is 13.3 Å². The van der Waals surface area contributed by atoms with E-state index in [-0.39, 0.29) is 11.5 Å². The van der Waals surface area contributed by atoms with Gasteiger partial charge in [-0.3, -0.25) is 0 Å². The van der Waals surface area contributed by atoms with Crippen LogP contribution in [0.25, 0.3) is 0 Å². The van der Waals surface area contributed by atoms with Gasteiger partial charge in [0.2, 0.25) is 0 Å². The summed E-state index contributed by atoms with van der Waals surface area (Å²) in [6, 6.07) is 0. The van der Waals surface area contributed by atoms with Gasteiger partial charge in [0.1, 0.15) is 0 Å². The number of piperidine rings is 1. The molecule has 2 heteroatoms. The molecule has 2 nitrogen and oxygen atoms in total. The smallest absolute Gasteiger partial charge is 0.0646 e. The average molecular weight is 155 g/mol. The van der Waals surface area contributed by atoms with E-state index in [9.17, 15) is 5.11 Å². The predicted octanol–water partition coefficient (Wildman–Crippen LogP) is 0.757. The van der Waals surface area contributed by atoms with E-state index in [1.54, 1.807) is 0 Å². The highest BCUT2D eigenvalue weighted by Gasteiger charge is 2.43. The number of hydrogen-bond acceptors (Lipinski definition) is 2. The monoisotopic (exact) mass is 155 g/mol. The molecular formula is C9H17NO. The molecular weight excluding hydrogens is 138 g/mol. The Morgan fingerprint density at radius 2 is 2.36 bits per heavy atom. The van der Waals surface area contributed by atoms with Crippen LogP contribution in [0.15, 0.2) is 0 Å². The van der Waals surface area contributed by atoms with Crippen LogP contribution in [0.4, 0.5) is 0 Å². The fourth-order valence-electron chi connectivity index (χ4n) is 2.59. The molecule has 2 rings (SSSR count). The molecule has 1 aliphatic heterocycles. The standard InChI is InChI=1S/C9H17NO/c1-9-4-2-3-7(8(9)11)5-10-6-9/h7-8,10-11H,2-6H2,1H3. The lowest BCUT2D eigenvalue weighted by Gasteiger charge is -2.47. The van der Waals surface area contributed by atoms with E-state index >= 15 is 0 Å². The lowest BCUT2D eigenvalue weighted by molar-refractivity contribution is -0.0628. The summed E-state index contributed by atoms with van der Waals surface area (Å²) in [6.07, 6.45) is 3.67. The van der Waals surface area contributed by atoms with Crippen molar-refractivity contribution < 1.29 is 5.11 Å². The van der Waals surface area contributed by atoms with Crippen molar-refractivity contribution >= 4 is 0 Å². The number of rotatable bonds is 0. The van der Waals surface area contributed by atoms with Gasteiger partial charge in [-0.15, -0.1) is 0 Å².